The molecule has 0 aromatic rings. The number of nitrogens with zero attached hydrogens (tertiary/aromatic N) is 2. The molecule has 0 radical (unpaired) electrons. The summed E-state index contributed by atoms with van der Waals surface area (Å²) in [5, 5.41) is 19.6. The van der Waals surface area contributed by atoms with Crippen LogP contribution >= 0.6 is 11.8 Å². The Balaban J connectivity index is 3.94. The van der Waals surface area contributed by atoms with Gasteiger partial charge in [0.05, 0.1) is 18.2 Å². The standard InChI is InChI=1S/C12H19N3O4S/c1-9(16)14-10(12(18)19)4-7-20-8-11(17)15(2)6-3-5-13/h10H,3-4,6-8H2,1-2H3,(H,14,16)(H,18,19). The summed E-state index contributed by atoms with van der Waals surface area (Å²) in [6, 6.07) is 1.04. The van der Waals surface area contributed by atoms with E-state index in [1.54, 1.807) is 7.05 Å². The minimum Gasteiger partial charge on any atom is -0.480 e. The minimum atomic E-state index is -1.08. The smallest absolute Gasteiger partial charge is 0.326 e. The Hall–Kier alpha value is -1.75. The number of hydrogen-bond donors (Lipinski definition) is 2. The fraction of sp³-hybridized carbons (Fsp3) is 0.667. The predicted molar refractivity (Wildman–Crippen MR) is 75.0 cm³/mol. The highest BCUT2D eigenvalue weighted by atomic mass is 32.2. The van der Waals surface area contributed by atoms with E-state index in [2.05, 4.69) is 5.32 Å². The summed E-state index contributed by atoms with van der Waals surface area (Å²) in [7, 11) is 1.62. The fourth-order valence-electron chi connectivity index (χ4n) is 1.32. The van der Waals surface area contributed by atoms with Crippen LogP contribution in [0.3, 0.4) is 0 Å². The molecule has 0 aliphatic carbocycles. The molecule has 1 atom stereocenters. The van der Waals surface area contributed by atoms with E-state index in [1.165, 1.54) is 23.6 Å². The zero-order valence-corrected chi connectivity index (χ0v) is 12.4. The summed E-state index contributed by atoms with van der Waals surface area (Å²) in [5.41, 5.74) is 0. The van der Waals surface area contributed by atoms with Gasteiger partial charge in [0.1, 0.15) is 6.04 Å². The van der Waals surface area contributed by atoms with E-state index in [4.69, 9.17) is 10.4 Å². The van der Waals surface area contributed by atoms with Crippen LogP contribution in [0.2, 0.25) is 0 Å². The summed E-state index contributed by atoms with van der Waals surface area (Å²) < 4.78 is 0. The maximum atomic E-state index is 11.6. The van der Waals surface area contributed by atoms with Gasteiger partial charge in [-0.25, -0.2) is 4.79 Å². The number of carboxylic acid groups (broad SMARTS) is 1. The first-order chi connectivity index (χ1) is 9.38. The number of thioether (sulfide) groups is 1. The van der Waals surface area contributed by atoms with Crippen LogP contribution in [0.15, 0.2) is 0 Å². The maximum absolute atomic E-state index is 11.6. The molecule has 1 unspecified atom stereocenters. The molecule has 0 spiro atoms. The molecule has 7 nitrogen and oxygen atoms in total. The Kier molecular flexibility index (Phi) is 9.20. The van der Waals surface area contributed by atoms with Gasteiger partial charge in [-0.15, -0.1) is 0 Å². The average molecular weight is 301 g/mol. The third-order valence-electron chi connectivity index (χ3n) is 2.44. The van der Waals surface area contributed by atoms with E-state index in [1.807, 2.05) is 6.07 Å². The molecule has 0 heterocycles. The number of carboxylic acids is 1. The lowest BCUT2D eigenvalue weighted by Gasteiger charge is -2.16. The molecule has 0 bridgehead atoms. The van der Waals surface area contributed by atoms with E-state index in [-0.39, 0.29) is 24.5 Å². The highest BCUT2D eigenvalue weighted by Crippen LogP contribution is 2.07. The van der Waals surface area contributed by atoms with Gasteiger partial charge >= 0.3 is 5.97 Å². The number of nitriles is 1. The zero-order chi connectivity index (χ0) is 15.5. The SMILES string of the molecule is CC(=O)NC(CCSCC(=O)N(C)CCC#N)C(=O)O. The van der Waals surface area contributed by atoms with Crippen LogP contribution in [-0.4, -0.2) is 58.9 Å². The number of carbonyl (C=O) groups excluding carboxylic acids is 2. The summed E-state index contributed by atoms with van der Waals surface area (Å²) in [5.74, 6) is -0.895. The van der Waals surface area contributed by atoms with Crippen LogP contribution in [0.5, 0.6) is 0 Å². The molecule has 0 aromatic carbocycles. The number of rotatable bonds is 9. The molecule has 20 heavy (non-hydrogen) atoms. The topological polar surface area (TPSA) is 111 Å². The van der Waals surface area contributed by atoms with Crippen LogP contribution in [0.25, 0.3) is 0 Å². The Morgan fingerprint density at radius 3 is 2.60 bits per heavy atom. The number of nitrogens with one attached hydrogen (secondary N) is 1. The second kappa shape index (κ2) is 10.1. The Morgan fingerprint density at radius 1 is 1.45 bits per heavy atom. The highest BCUT2D eigenvalue weighted by Gasteiger charge is 2.18. The van der Waals surface area contributed by atoms with Gasteiger partial charge in [0.2, 0.25) is 11.8 Å². The van der Waals surface area contributed by atoms with Gasteiger partial charge in [0, 0.05) is 20.5 Å². The van der Waals surface area contributed by atoms with E-state index in [0.717, 1.165) is 0 Å². The molecule has 0 fully saturated rings. The molecule has 8 heteroatoms. The lowest BCUT2D eigenvalue weighted by atomic mass is 10.2. The number of aliphatic carboxylic acids is 1. The second-order valence-corrected chi connectivity index (χ2v) is 5.26. The van der Waals surface area contributed by atoms with E-state index < -0.39 is 17.9 Å². The van der Waals surface area contributed by atoms with Gasteiger partial charge in [-0.05, 0) is 12.2 Å². The predicted octanol–water partition coefficient (Wildman–Crippen LogP) is 0.0711. The molecular formula is C12H19N3O4S. The van der Waals surface area contributed by atoms with Crippen LogP contribution in [0, 0.1) is 11.3 Å². The summed E-state index contributed by atoms with van der Waals surface area (Å²) >= 11 is 1.31. The quantitative estimate of drug-likeness (QED) is 0.583. The Morgan fingerprint density at radius 2 is 2.10 bits per heavy atom. The van der Waals surface area contributed by atoms with Crippen molar-refractivity contribution < 1.29 is 19.5 Å². The van der Waals surface area contributed by atoms with Gasteiger partial charge < -0.3 is 15.3 Å². The van der Waals surface area contributed by atoms with Crippen molar-refractivity contribution >= 4 is 29.5 Å². The van der Waals surface area contributed by atoms with Gasteiger partial charge in [-0.2, -0.15) is 17.0 Å². The van der Waals surface area contributed by atoms with Crippen molar-refractivity contribution in [3.05, 3.63) is 0 Å². The zero-order valence-electron chi connectivity index (χ0n) is 11.6. The molecule has 0 saturated carbocycles. The minimum absolute atomic E-state index is 0.100. The molecule has 0 rings (SSSR count). The summed E-state index contributed by atoms with van der Waals surface area (Å²) in [4.78, 5) is 34.8. The van der Waals surface area contributed by atoms with Crippen LogP contribution in [-0.2, 0) is 14.4 Å². The van der Waals surface area contributed by atoms with Gasteiger partial charge in [0.15, 0.2) is 0 Å². The molecule has 112 valence electrons. The number of hydrogen-bond acceptors (Lipinski definition) is 5. The largest absolute Gasteiger partial charge is 0.480 e. The lowest BCUT2D eigenvalue weighted by molar-refractivity contribution is -0.141. The second-order valence-electron chi connectivity index (χ2n) is 4.16. The normalized spacial score (nSPS) is 11.2. The van der Waals surface area contributed by atoms with Crippen molar-refractivity contribution in [2.45, 2.75) is 25.8 Å². The van der Waals surface area contributed by atoms with Gasteiger partial charge in [-0.1, -0.05) is 0 Å². The molecule has 0 aromatic heterocycles. The lowest BCUT2D eigenvalue weighted by Crippen LogP contribution is -2.40. The van der Waals surface area contributed by atoms with Crippen molar-refractivity contribution in [2.24, 2.45) is 0 Å². The van der Waals surface area contributed by atoms with Gasteiger partial charge in [0.25, 0.3) is 0 Å². The van der Waals surface area contributed by atoms with Crippen LogP contribution in [0.4, 0.5) is 0 Å². The molecule has 0 saturated heterocycles. The molecule has 0 aliphatic rings. The van der Waals surface area contributed by atoms with Crippen molar-refractivity contribution in [1.82, 2.24) is 10.2 Å². The van der Waals surface area contributed by atoms with E-state index >= 15 is 0 Å². The first-order valence-corrected chi connectivity index (χ1v) is 7.22. The molecule has 2 N–H and O–H groups in total. The van der Waals surface area contributed by atoms with Crippen LogP contribution in [0.1, 0.15) is 19.8 Å². The average Bonchev–Trinajstić information content (AvgIpc) is 2.38. The third-order valence-corrected chi connectivity index (χ3v) is 3.41. The van der Waals surface area contributed by atoms with Crippen molar-refractivity contribution in [1.29, 1.82) is 5.26 Å². The van der Waals surface area contributed by atoms with E-state index in [9.17, 15) is 14.4 Å². The first kappa shape index (κ1) is 18.2. The van der Waals surface area contributed by atoms with Crippen molar-refractivity contribution in [3.8, 4) is 6.07 Å². The Labute approximate surface area is 122 Å². The van der Waals surface area contributed by atoms with E-state index in [0.29, 0.717) is 12.3 Å². The Bertz CT molecular complexity index is 395. The number of amides is 2. The molecular weight excluding hydrogens is 282 g/mol. The summed E-state index contributed by atoms with van der Waals surface area (Å²) in [6.45, 7) is 1.65. The third kappa shape index (κ3) is 8.37. The maximum Gasteiger partial charge on any atom is 0.326 e. The molecule has 2 amide bonds. The van der Waals surface area contributed by atoms with Crippen LogP contribution < -0.4 is 5.32 Å². The molecule has 0 aliphatic heterocycles. The monoisotopic (exact) mass is 301 g/mol. The fourth-order valence-corrected chi connectivity index (χ4v) is 2.26. The highest BCUT2D eigenvalue weighted by molar-refractivity contribution is 7.99. The van der Waals surface area contributed by atoms with Crippen molar-refractivity contribution in [3.63, 3.8) is 0 Å². The van der Waals surface area contributed by atoms with Crippen molar-refractivity contribution in [2.75, 3.05) is 25.1 Å². The first-order valence-electron chi connectivity index (χ1n) is 6.07. The number of carbonyl (C=O) groups is 3. The summed E-state index contributed by atoms with van der Waals surface area (Å²) in [6.07, 6.45) is 0.547. The van der Waals surface area contributed by atoms with Gasteiger partial charge in [-0.3, -0.25) is 9.59 Å².